The number of carbonyl (C=O) groups is 1. The lowest BCUT2D eigenvalue weighted by atomic mass is 9.91. The number of imidazole rings is 1. The van der Waals surface area contributed by atoms with Crippen molar-refractivity contribution in [1.29, 1.82) is 0 Å². The van der Waals surface area contributed by atoms with E-state index < -0.39 is 0 Å². The van der Waals surface area contributed by atoms with Crippen LogP contribution < -0.4 is 21.3 Å². The number of carbonyl (C=O) groups excluding carboxylic acids is 1. The third kappa shape index (κ3) is 5.13. The van der Waals surface area contributed by atoms with Crippen molar-refractivity contribution in [2.45, 2.75) is 44.7 Å². The van der Waals surface area contributed by atoms with Gasteiger partial charge in [0.1, 0.15) is 12.0 Å². The zero-order valence-corrected chi connectivity index (χ0v) is 19.7. The van der Waals surface area contributed by atoms with Crippen LogP contribution >= 0.6 is 0 Å². The number of aromatic nitrogens is 6. The van der Waals surface area contributed by atoms with Crippen LogP contribution in [-0.2, 0) is 0 Å². The van der Waals surface area contributed by atoms with Gasteiger partial charge in [-0.25, -0.2) is 29.7 Å². The molecule has 2 amide bonds. The standard InChI is InChI=1S/C24H28N10O/c1-15-9-29-23(31-16-3-5-17(6-4-16)32-24(35)25-2)33-22(15)20-12-28-21-8-7-18(13-34(20)21)30-19-10-26-14-27-11-19/h7-14,16-17,30H,3-6H2,1-2H3,(H2,25,32,35)(H,29,31,33)/t16-,17-. The number of nitrogens with one attached hydrogen (secondary N) is 4. The van der Waals surface area contributed by atoms with Crippen LogP contribution in [0.15, 0.2) is 49.4 Å². The maximum absolute atomic E-state index is 11.6. The normalized spacial score (nSPS) is 17.7. The van der Waals surface area contributed by atoms with Crippen molar-refractivity contribution in [3.05, 3.63) is 55.0 Å². The van der Waals surface area contributed by atoms with E-state index in [1.165, 1.54) is 6.33 Å². The summed E-state index contributed by atoms with van der Waals surface area (Å²) in [6.45, 7) is 2.00. The van der Waals surface area contributed by atoms with E-state index in [-0.39, 0.29) is 18.1 Å². The zero-order valence-electron chi connectivity index (χ0n) is 19.7. The van der Waals surface area contributed by atoms with Gasteiger partial charge >= 0.3 is 6.03 Å². The SMILES string of the molecule is CNC(=O)N[C@H]1CC[C@H](Nc2ncc(C)c(-c3cnc4ccc(Nc5cncnc5)cn34)n2)CC1. The van der Waals surface area contributed by atoms with Gasteiger partial charge in [-0.1, -0.05) is 0 Å². The maximum Gasteiger partial charge on any atom is 0.314 e. The highest BCUT2D eigenvalue weighted by molar-refractivity contribution is 5.73. The molecule has 0 unspecified atom stereocenters. The Morgan fingerprint density at radius 3 is 2.51 bits per heavy atom. The van der Waals surface area contributed by atoms with Gasteiger partial charge in [0.25, 0.3) is 0 Å². The molecule has 4 heterocycles. The monoisotopic (exact) mass is 472 g/mol. The molecule has 1 fully saturated rings. The lowest BCUT2D eigenvalue weighted by Crippen LogP contribution is -2.43. The molecule has 180 valence electrons. The molecule has 11 heteroatoms. The van der Waals surface area contributed by atoms with Gasteiger partial charge in [0.15, 0.2) is 0 Å². The molecule has 4 aromatic heterocycles. The minimum atomic E-state index is -0.128. The molecule has 11 nitrogen and oxygen atoms in total. The van der Waals surface area contributed by atoms with Crippen LogP contribution in [0.4, 0.5) is 22.1 Å². The Bertz CT molecular complexity index is 1310. The third-order valence-electron chi connectivity index (χ3n) is 6.19. The Morgan fingerprint density at radius 1 is 0.971 bits per heavy atom. The molecule has 4 aromatic rings. The van der Waals surface area contributed by atoms with E-state index >= 15 is 0 Å². The van der Waals surface area contributed by atoms with Crippen molar-refractivity contribution < 1.29 is 4.79 Å². The van der Waals surface area contributed by atoms with Crippen molar-refractivity contribution in [1.82, 2.24) is 40.0 Å². The molecule has 1 aliphatic rings. The summed E-state index contributed by atoms with van der Waals surface area (Å²) in [5, 5.41) is 12.4. The lowest BCUT2D eigenvalue weighted by Gasteiger charge is -2.29. The molecule has 0 bridgehead atoms. The highest BCUT2D eigenvalue weighted by atomic mass is 16.2. The summed E-state index contributed by atoms with van der Waals surface area (Å²) in [5.41, 5.74) is 5.19. The Labute approximate surface area is 202 Å². The number of nitrogens with zero attached hydrogens (tertiary/aromatic N) is 6. The fourth-order valence-corrected chi connectivity index (χ4v) is 4.35. The van der Waals surface area contributed by atoms with E-state index in [0.717, 1.165) is 59.7 Å². The fourth-order valence-electron chi connectivity index (χ4n) is 4.35. The predicted octanol–water partition coefficient (Wildman–Crippen LogP) is 3.29. The molecule has 0 radical (unpaired) electrons. The van der Waals surface area contributed by atoms with E-state index in [0.29, 0.717) is 5.95 Å². The lowest BCUT2D eigenvalue weighted by molar-refractivity contribution is 0.234. The van der Waals surface area contributed by atoms with E-state index in [4.69, 9.17) is 4.98 Å². The number of urea groups is 1. The first-order valence-electron chi connectivity index (χ1n) is 11.7. The van der Waals surface area contributed by atoms with Crippen molar-refractivity contribution in [2.24, 2.45) is 0 Å². The molecule has 1 saturated carbocycles. The Morgan fingerprint density at radius 2 is 1.74 bits per heavy atom. The van der Waals surface area contributed by atoms with E-state index in [1.807, 2.05) is 42.0 Å². The quantitative estimate of drug-likeness (QED) is 0.336. The first kappa shape index (κ1) is 22.5. The highest BCUT2D eigenvalue weighted by Crippen LogP contribution is 2.27. The van der Waals surface area contributed by atoms with E-state index in [9.17, 15) is 4.79 Å². The summed E-state index contributed by atoms with van der Waals surface area (Å²) in [7, 11) is 1.63. The van der Waals surface area contributed by atoms with Crippen molar-refractivity contribution in [3.63, 3.8) is 0 Å². The number of fused-ring (bicyclic) bond motifs is 1. The summed E-state index contributed by atoms with van der Waals surface area (Å²) in [4.78, 5) is 33.6. The third-order valence-corrected chi connectivity index (χ3v) is 6.19. The largest absolute Gasteiger partial charge is 0.352 e. The minimum Gasteiger partial charge on any atom is -0.352 e. The molecule has 0 aromatic carbocycles. The van der Waals surface area contributed by atoms with Gasteiger partial charge in [0.2, 0.25) is 5.95 Å². The molecule has 5 rings (SSSR count). The zero-order chi connectivity index (χ0) is 24.2. The van der Waals surface area contributed by atoms with Crippen molar-refractivity contribution in [2.75, 3.05) is 17.7 Å². The van der Waals surface area contributed by atoms with E-state index in [2.05, 4.69) is 41.2 Å². The number of hydrogen-bond acceptors (Lipinski definition) is 8. The van der Waals surface area contributed by atoms with Gasteiger partial charge in [0.05, 0.1) is 41.4 Å². The Balaban J connectivity index is 1.34. The van der Waals surface area contributed by atoms with Crippen LogP contribution in [0.3, 0.4) is 0 Å². The topological polar surface area (TPSA) is 134 Å². The summed E-state index contributed by atoms with van der Waals surface area (Å²) < 4.78 is 2.01. The number of pyridine rings is 1. The van der Waals surface area contributed by atoms with Crippen LogP contribution in [0.1, 0.15) is 31.2 Å². The number of hydrogen-bond donors (Lipinski definition) is 4. The second-order valence-corrected chi connectivity index (χ2v) is 8.68. The first-order valence-corrected chi connectivity index (χ1v) is 11.7. The van der Waals surface area contributed by atoms with Gasteiger partial charge in [0, 0.05) is 31.5 Å². The first-order chi connectivity index (χ1) is 17.1. The molecule has 0 saturated heterocycles. The summed E-state index contributed by atoms with van der Waals surface area (Å²) in [5.74, 6) is 0.596. The Hall–Kier alpha value is -4.28. The van der Waals surface area contributed by atoms with Gasteiger partial charge in [-0.05, 0) is 50.3 Å². The number of amides is 2. The van der Waals surface area contributed by atoms with Gasteiger partial charge in [-0.3, -0.25) is 4.40 Å². The van der Waals surface area contributed by atoms with Gasteiger partial charge in [-0.2, -0.15) is 0 Å². The van der Waals surface area contributed by atoms with Crippen LogP contribution in [0.2, 0.25) is 0 Å². The molecule has 35 heavy (non-hydrogen) atoms. The fraction of sp³-hybridized carbons (Fsp3) is 0.333. The van der Waals surface area contributed by atoms with Crippen LogP contribution in [-0.4, -0.2) is 54.5 Å². The summed E-state index contributed by atoms with van der Waals surface area (Å²) in [6, 6.07) is 4.26. The maximum atomic E-state index is 11.6. The number of anilines is 3. The molecular formula is C24H28N10O. The smallest absolute Gasteiger partial charge is 0.314 e. The molecular weight excluding hydrogens is 444 g/mol. The highest BCUT2D eigenvalue weighted by Gasteiger charge is 2.23. The molecule has 1 aliphatic carbocycles. The number of rotatable bonds is 6. The molecule has 0 atom stereocenters. The van der Waals surface area contributed by atoms with Crippen LogP contribution in [0.5, 0.6) is 0 Å². The predicted molar refractivity (Wildman–Crippen MR) is 134 cm³/mol. The summed E-state index contributed by atoms with van der Waals surface area (Å²) in [6.07, 6.45) is 14.3. The average Bonchev–Trinajstić information content (AvgIpc) is 3.30. The Kier molecular flexibility index (Phi) is 6.38. The van der Waals surface area contributed by atoms with Gasteiger partial charge in [-0.15, -0.1) is 0 Å². The average molecular weight is 473 g/mol. The molecule has 0 spiro atoms. The summed E-state index contributed by atoms with van der Waals surface area (Å²) >= 11 is 0. The second kappa shape index (κ2) is 9.92. The van der Waals surface area contributed by atoms with Crippen molar-refractivity contribution in [3.8, 4) is 11.4 Å². The molecule has 4 N–H and O–H groups in total. The van der Waals surface area contributed by atoms with Crippen molar-refractivity contribution >= 4 is 29.0 Å². The second-order valence-electron chi connectivity index (χ2n) is 8.68. The van der Waals surface area contributed by atoms with Gasteiger partial charge < -0.3 is 21.3 Å². The number of aryl methyl sites for hydroxylation is 1. The minimum absolute atomic E-state index is 0.128. The van der Waals surface area contributed by atoms with E-state index in [1.54, 1.807) is 19.4 Å². The van der Waals surface area contributed by atoms with Crippen LogP contribution in [0, 0.1) is 6.92 Å². The molecule has 0 aliphatic heterocycles. The van der Waals surface area contributed by atoms with Crippen LogP contribution in [0.25, 0.3) is 17.0 Å².